The van der Waals surface area contributed by atoms with Gasteiger partial charge < -0.3 is 44.2 Å². The summed E-state index contributed by atoms with van der Waals surface area (Å²) in [5, 5.41) is 5.20. The average Bonchev–Trinajstić information content (AvgIpc) is 3.40. The minimum Gasteiger partial charge on any atom is -0.451 e. The Hall–Kier alpha value is -3.44. The molecule has 1 unspecified atom stereocenters. The molecule has 0 aliphatic carbocycles. The second kappa shape index (κ2) is 19.5. The van der Waals surface area contributed by atoms with Gasteiger partial charge in [0.15, 0.2) is 23.2 Å². The molecular weight excluding hydrogens is 767 g/mol. The Bertz CT molecular complexity index is 1660. The smallest absolute Gasteiger partial charge is 0.408 e. The number of carbonyl (C=O) groups is 3. The Morgan fingerprint density at radius 3 is 2.07 bits per heavy atom. The molecule has 324 valence electrons. The predicted octanol–water partition coefficient (Wildman–Crippen LogP) is 7.01. The van der Waals surface area contributed by atoms with Crippen molar-refractivity contribution >= 4 is 40.6 Å². The Kier molecular flexibility index (Phi) is 17.0. The van der Waals surface area contributed by atoms with Gasteiger partial charge in [-0.1, -0.05) is 53.4 Å². The summed E-state index contributed by atoms with van der Waals surface area (Å²) in [5.74, 6) is 4.84. The lowest BCUT2D eigenvalue weighted by Crippen LogP contribution is -2.48. The van der Waals surface area contributed by atoms with Crippen LogP contribution in [0.4, 0.5) is 15.4 Å². The third-order valence-corrected chi connectivity index (χ3v) is 19.2. The van der Waals surface area contributed by atoms with Gasteiger partial charge in [0.25, 0.3) is 0 Å². The van der Waals surface area contributed by atoms with Gasteiger partial charge in [-0.25, -0.2) is 19.2 Å². The summed E-state index contributed by atoms with van der Waals surface area (Å²) in [6, 6.07) is -1.04. The van der Waals surface area contributed by atoms with Gasteiger partial charge in [0, 0.05) is 19.2 Å². The fourth-order valence-corrected chi connectivity index (χ4v) is 7.38. The van der Waals surface area contributed by atoms with Crippen molar-refractivity contribution in [2.24, 2.45) is 0 Å². The number of hydrogen-bond acceptors (Lipinski definition) is 12. The monoisotopic (exact) mass is 837 g/mol. The quantitative estimate of drug-likeness (QED) is 0.0572. The number of anilines is 1. The molecule has 0 saturated carbocycles. The van der Waals surface area contributed by atoms with Gasteiger partial charge in [0.05, 0.1) is 18.3 Å². The van der Waals surface area contributed by atoms with Crippen molar-refractivity contribution in [3.05, 3.63) is 22.2 Å². The van der Waals surface area contributed by atoms with E-state index in [4.69, 9.17) is 33.5 Å². The van der Waals surface area contributed by atoms with E-state index in [0.29, 0.717) is 32.4 Å². The molecule has 4 atom stereocenters. The van der Waals surface area contributed by atoms with E-state index in [2.05, 4.69) is 95.2 Å². The largest absolute Gasteiger partial charge is 0.451 e. The van der Waals surface area contributed by atoms with Crippen LogP contribution in [0.1, 0.15) is 121 Å². The number of amides is 2. The molecular formula is C40H71N5O10Si2. The second-order valence-electron chi connectivity index (χ2n) is 19.6. The molecule has 2 amide bonds. The first kappa shape index (κ1) is 49.7. The first-order valence-corrected chi connectivity index (χ1v) is 25.6. The molecule has 17 heteroatoms. The number of nitrogens with two attached hydrogens (primary N) is 1. The third-order valence-electron chi connectivity index (χ3n) is 10.2. The summed E-state index contributed by atoms with van der Waals surface area (Å²) in [5.41, 5.74) is 4.37. The van der Waals surface area contributed by atoms with Crippen molar-refractivity contribution in [3.63, 3.8) is 0 Å². The molecule has 1 aromatic heterocycles. The lowest BCUT2D eigenvalue weighted by atomic mass is 10.1. The maximum atomic E-state index is 13.2. The molecule has 2 rings (SSSR count). The molecule has 15 nitrogen and oxygen atoms in total. The van der Waals surface area contributed by atoms with Crippen LogP contribution in [0.2, 0.25) is 36.3 Å². The summed E-state index contributed by atoms with van der Waals surface area (Å²) in [6.45, 7) is 32.6. The van der Waals surface area contributed by atoms with Crippen molar-refractivity contribution in [3.8, 4) is 11.8 Å². The second-order valence-corrected chi connectivity index (χ2v) is 29.2. The van der Waals surface area contributed by atoms with E-state index in [-0.39, 0.29) is 40.6 Å². The van der Waals surface area contributed by atoms with Crippen LogP contribution in [-0.2, 0) is 32.6 Å². The molecule has 1 saturated heterocycles. The van der Waals surface area contributed by atoms with E-state index in [1.165, 1.54) is 10.8 Å². The third kappa shape index (κ3) is 16.4. The van der Waals surface area contributed by atoms with Gasteiger partial charge in [-0.2, -0.15) is 4.98 Å². The maximum Gasteiger partial charge on any atom is 0.408 e. The van der Waals surface area contributed by atoms with Crippen LogP contribution < -0.4 is 22.1 Å². The minimum absolute atomic E-state index is 0.00179. The number of esters is 1. The van der Waals surface area contributed by atoms with Crippen LogP contribution in [0.5, 0.6) is 0 Å². The normalized spacial score (nSPS) is 18.6. The van der Waals surface area contributed by atoms with E-state index in [9.17, 15) is 19.2 Å². The van der Waals surface area contributed by atoms with Crippen molar-refractivity contribution in [2.75, 3.05) is 25.5 Å². The molecule has 0 spiro atoms. The Balaban J connectivity index is 2.22. The minimum atomic E-state index is -2.23. The number of nitrogens with one attached hydrogen (secondary N) is 2. The standard InChI is InChI=1S/C40H71N5O10Si2/c1-37(2,3)53-35(48)42-22-18-17-21-28(43-36(49)54-38(4,5)6)33(46)50-23-19-20-27-25-45(34(47)44-32(27)41)31-24-29(55-57(15,16)40(10,11)12)30(52-31)26-51-56(13,14)39(7,8)9/h25,28-31H,17-18,21-24,26H2,1-16H3,(H,42,48)(H,43,49)(H2,41,44,47)/t28?,29-,30-,31-/m1/s1. The fraction of sp³-hybridized carbons (Fsp3) is 0.775. The average molecular weight is 838 g/mol. The van der Waals surface area contributed by atoms with Gasteiger partial charge in [-0.05, 0) is 97.1 Å². The van der Waals surface area contributed by atoms with Crippen LogP contribution in [0, 0.1) is 11.8 Å². The number of ether oxygens (including phenoxy) is 4. The number of unbranched alkanes of at least 4 members (excludes halogenated alkanes) is 1. The van der Waals surface area contributed by atoms with Crippen molar-refractivity contribution < 1.29 is 42.2 Å². The fourth-order valence-electron chi connectivity index (χ4n) is 5.01. The molecule has 4 N–H and O–H groups in total. The Morgan fingerprint density at radius 2 is 1.51 bits per heavy atom. The highest BCUT2D eigenvalue weighted by Gasteiger charge is 2.47. The molecule has 57 heavy (non-hydrogen) atoms. The molecule has 0 bridgehead atoms. The highest BCUT2D eigenvalue weighted by Crippen LogP contribution is 2.42. The molecule has 1 aliphatic rings. The lowest BCUT2D eigenvalue weighted by molar-refractivity contribution is -0.144. The van der Waals surface area contributed by atoms with Crippen molar-refractivity contribution in [2.45, 2.75) is 181 Å². The van der Waals surface area contributed by atoms with E-state index in [1.807, 2.05) is 0 Å². The number of alkyl carbamates (subject to hydrolysis) is 2. The van der Waals surface area contributed by atoms with Crippen LogP contribution in [0.25, 0.3) is 0 Å². The highest BCUT2D eigenvalue weighted by molar-refractivity contribution is 6.74. The van der Waals surface area contributed by atoms with Crippen LogP contribution in [0.3, 0.4) is 0 Å². The SMILES string of the molecule is CC(C)(C)OC(=O)NCCCCC(NC(=O)OC(C)(C)C)C(=O)OCC#Cc1cn([C@H]2C[C@@H](O[Si](C)(C)C(C)(C)C)[C@@H](CO[Si](C)(C)C(C)(C)C)O2)c(=O)nc1N. The van der Waals surface area contributed by atoms with E-state index in [1.54, 1.807) is 41.5 Å². The molecule has 1 aromatic rings. The topological polar surface area (TPSA) is 192 Å². The summed E-state index contributed by atoms with van der Waals surface area (Å²) in [7, 11) is -4.35. The van der Waals surface area contributed by atoms with Crippen molar-refractivity contribution in [1.29, 1.82) is 0 Å². The first-order chi connectivity index (χ1) is 25.8. The molecule has 1 aliphatic heterocycles. The molecule has 1 fully saturated rings. The number of hydrogen-bond donors (Lipinski definition) is 3. The van der Waals surface area contributed by atoms with Gasteiger partial charge >= 0.3 is 23.8 Å². The van der Waals surface area contributed by atoms with Gasteiger partial charge in [0.1, 0.15) is 35.4 Å². The zero-order valence-corrected chi connectivity index (χ0v) is 39.4. The maximum absolute atomic E-state index is 13.2. The van der Waals surface area contributed by atoms with Crippen molar-refractivity contribution in [1.82, 2.24) is 20.2 Å². The zero-order valence-electron chi connectivity index (χ0n) is 37.4. The van der Waals surface area contributed by atoms with Crippen LogP contribution in [0.15, 0.2) is 11.0 Å². The van der Waals surface area contributed by atoms with Gasteiger partial charge in [-0.3, -0.25) is 4.57 Å². The number of aromatic nitrogens is 2. The number of nitrogens with zero attached hydrogens (tertiary/aromatic N) is 2. The Labute approximate surface area is 342 Å². The highest BCUT2D eigenvalue weighted by atomic mass is 28.4. The van der Waals surface area contributed by atoms with Crippen LogP contribution >= 0.6 is 0 Å². The lowest BCUT2D eigenvalue weighted by Gasteiger charge is -2.40. The van der Waals surface area contributed by atoms with E-state index < -0.39 is 70.1 Å². The van der Waals surface area contributed by atoms with E-state index >= 15 is 0 Å². The number of carbonyl (C=O) groups excluding carboxylic acids is 3. The molecule has 2 heterocycles. The zero-order chi connectivity index (χ0) is 43.8. The predicted molar refractivity (Wildman–Crippen MR) is 226 cm³/mol. The summed E-state index contributed by atoms with van der Waals surface area (Å²) in [6.07, 6.45) is 0.347. The summed E-state index contributed by atoms with van der Waals surface area (Å²) in [4.78, 5) is 54.9. The van der Waals surface area contributed by atoms with Gasteiger partial charge in [0.2, 0.25) is 0 Å². The van der Waals surface area contributed by atoms with Gasteiger partial charge in [-0.15, -0.1) is 0 Å². The first-order valence-electron chi connectivity index (χ1n) is 19.8. The number of rotatable bonds is 14. The van der Waals surface area contributed by atoms with E-state index in [0.717, 1.165) is 0 Å². The molecule has 0 aromatic carbocycles. The Morgan fingerprint density at radius 1 is 0.930 bits per heavy atom. The number of nitrogen functional groups attached to an aromatic ring is 1. The molecule has 0 radical (unpaired) electrons. The summed E-state index contributed by atoms with van der Waals surface area (Å²) >= 11 is 0. The van der Waals surface area contributed by atoms with Crippen LogP contribution in [-0.4, -0.2) is 93.6 Å². The summed E-state index contributed by atoms with van der Waals surface area (Å²) < 4.78 is 37.3.